The fraction of sp³-hybridized carbons (Fsp3) is 0.562. The number of rotatable bonds is 13. The summed E-state index contributed by atoms with van der Waals surface area (Å²) in [5, 5.41) is 3.16. The lowest BCUT2D eigenvalue weighted by atomic mass is 9.92. The van der Waals surface area contributed by atoms with Gasteiger partial charge >= 0.3 is 6.09 Å². The van der Waals surface area contributed by atoms with Crippen LogP contribution in [-0.4, -0.2) is 67.1 Å². The lowest BCUT2D eigenvalue weighted by Crippen LogP contribution is -2.40. The number of primary amides is 1. The van der Waals surface area contributed by atoms with Gasteiger partial charge in [-0.15, -0.1) is 0 Å². The number of nitrogens with two attached hydrogens (primary N) is 1. The number of amides is 2. The summed E-state index contributed by atoms with van der Waals surface area (Å²) < 4.78 is 39.6. The molecule has 1 aromatic carbocycles. The van der Waals surface area contributed by atoms with Crippen LogP contribution in [0.15, 0.2) is 18.5 Å². The number of benzene rings is 1. The lowest BCUT2D eigenvalue weighted by Gasteiger charge is -2.28. The third-order valence-corrected chi connectivity index (χ3v) is 10.2. The fourth-order valence-corrected chi connectivity index (χ4v) is 6.45. The van der Waals surface area contributed by atoms with Crippen LogP contribution in [0.25, 0.3) is 22.3 Å². The van der Waals surface area contributed by atoms with Gasteiger partial charge in [-0.25, -0.2) is 19.2 Å². The molecule has 2 fully saturated rings. The van der Waals surface area contributed by atoms with E-state index in [9.17, 15) is 14.0 Å². The summed E-state index contributed by atoms with van der Waals surface area (Å²) in [7, 11) is 0.0758. The van der Waals surface area contributed by atoms with Crippen molar-refractivity contribution in [3.05, 3.63) is 35.5 Å². The number of fused-ring (bicyclic) bond motifs is 1. The normalized spacial score (nSPS) is 18.5. The summed E-state index contributed by atoms with van der Waals surface area (Å²) in [6, 6.07) is 3.81. The van der Waals surface area contributed by atoms with E-state index in [1.54, 1.807) is 6.07 Å². The van der Waals surface area contributed by atoms with Crippen LogP contribution in [0.5, 0.6) is 11.5 Å². The van der Waals surface area contributed by atoms with Crippen LogP contribution >= 0.6 is 0 Å². The van der Waals surface area contributed by atoms with Crippen molar-refractivity contribution in [1.82, 2.24) is 19.9 Å². The van der Waals surface area contributed by atoms with Crippen molar-refractivity contribution in [3.63, 3.8) is 0 Å². The highest BCUT2D eigenvalue weighted by Gasteiger charge is 2.30. The molecule has 2 aliphatic carbocycles. The summed E-state index contributed by atoms with van der Waals surface area (Å²) >= 11 is 0. The van der Waals surface area contributed by atoms with E-state index in [0.717, 1.165) is 18.9 Å². The molecule has 2 aromatic heterocycles. The van der Waals surface area contributed by atoms with Crippen LogP contribution in [0.3, 0.4) is 0 Å². The molecule has 13 heteroatoms. The summed E-state index contributed by atoms with van der Waals surface area (Å²) in [4.78, 5) is 34.3. The van der Waals surface area contributed by atoms with Crippen LogP contribution in [0.1, 0.15) is 54.6 Å². The molecule has 0 saturated heterocycles. The Morgan fingerprint density at radius 3 is 2.47 bits per heavy atom. The summed E-state index contributed by atoms with van der Waals surface area (Å²) in [5.74, 6) is 0.0719. The maximum absolute atomic E-state index is 14.9. The highest BCUT2D eigenvalue weighted by molar-refractivity contribution is 6.76. The van der Waals surface area contributed by atoms with Gasteiger partial charge in [0.05, 0.1) is 24.8 Å². The maximum Gasteiger partial charge on any atom is 0.404 e. The standard InChI is InChI=1S/C32H44FN5O6Si/c1-19-27(31(39)37-21-8-10-22(11-9-21)44-32(34)40)29-30(38(19)18-42-12-13-45(3,4)5)28(35-17-36-29)23-14-26(41-2)24(33)15-25(23)43-16-20-6-7-20/h14-15,17,20-22H,6-13,16,18H2,1-5H3,(H2,34,40)(H,37,39). The second-order valence-corrected chi connectivity index (χ2v) is 18.9. The Morgan fingerprint density at radius 1 is 1.09 bits per heavy atom. The SMILES string of the molecule is COc1cc(-c2ncnc3c(C(=O)NC4CCC(OC(N)=O)CC4)c(C)n(COCC[Si](C)(C)C)c23)c(OCC2CC2)cc1F. The number of ether oxygens (including phenoxy) is 4. The summed E-state index contributed by atoms with van der Waals surface area (Å²) in [6.45, 7) is 9.99. The number of hydrogen-bond donors (Lipinski definition) is 2. The maximum atomic E-state index is 14.9. The van der Waals surface area contributed by atoms with Crippen molar-refractivity contribution in [3.8, 4) is 22.8 Å². The van der Waals surface area contributed by atoms with E-state index in [2.05, 4.69) is 34.9 Å². The van der Waals surface area contributed by atoms with Gasteiger partial charge in [0.25, 0.3) is 5.91 Å². The molecule has 2 saturated carbocycles. The fourth-order valence-electron chi connectivity index (χ4n) is 5.69. The zero-order valence-corrected chi connectivity index (χ0v) is 27.8. The van der Waals surface area contributed by atoms with Gasteiger partial charge in [-0.3, -0.25) is 4.79 Å². The van der Waals surface area contributed by atoms with Crippen molar-refractivity contribution >= 4 is 31.1 Å². The Labute approximate surface area is 264 Å². The van der Waals surface area contributed by atoms with Gasteiger partial charge in [0.2, 0.25) is 0 Å². The number of halogens is 1. The number of nitrogens with zero attached hydrogens (tertiary/aromatic N) is 3. The number of carbonyl (C=O) groups is 2. The van der Waals surface area contributed by atoms with E-state index in [4.69, 9.17) is 24.7 Å². The second-order valence-electron chi connectivity index (χ2n) is 13.3. The molecule has 2 heterocycles. The van der Waals surface area contributed by atoms with E-state index in [0.29, 0.717) is 84.1 Å². The van der Waals surface area contributed by atoms with E-state index in [-0.39, 0.29) is 30.5 Å². The minimum atomic E-state index is -1.34. The summed E-state index contributed by atoms with van der Waals surface area (Å²) in [5.41, 5.74) is 8.38. The molecule has 45 heavy (non-hydrogen) atoms. The first-order valence-electron chi connectivity index (χ1n) is 15.6. The van der Waals surface area contributed by atoms with Crippen molar-refractivity contribution < 1.29 is 32.9 Å². The second kappa shape index (κ2) is 13.7. The molecule has 5 rings (SSSR count). The molecule has 2 aliphatic rings. The quantitative estimate of drug-likeness (QED) is 0.177. The zero-order valence-electron chi connectivity index (χ0n) is 26.8. The largest absolute Gasteiger partial charge is 0.494 e. The topological polar surface area (TPSA) is 140 Å². The molecule has 3 N–H and O–H groups in total. The zero-order chi connectivity index (χ0) is 32.3. The Kier molecular flexibility index (Phi) is 9.97. The predicted molar refractivity (Wildman–Crippen MR) is 171 cm³/mol. The highest BCUT2D eigenvalue weighted by Crippen LogP contribution is 2.40. The molecular weight excluding hydrogens is 597 g/mol. The number of hydrogen-bond acceptors (Lipinski definition) is 8. The van der Waals surface area contributed by atoms with Crippen LogP contribution in [-0.2, 0) is 16.2 Å². The number of carbonyl (C=O) groups excluding carboxylic acids is 2. The van der Waals surface area contributed by atoms with Gasteiger partial charge in [-0.2, -0.15) is 0 Å². The molecule has 0 spiro atoms. The van der Waals surface area contributed by atoms with Crippen molar-refractivity contribution in [1.29, 1.82) is 0 Å². The van der Waals surface area contributed by atoms with Gasteiger partial charge < -0.3 is 34.6 Å². The number of nitrogens with one attached hydrogen (secondary N) is 1. The smallest absolute Gasteiger partial charge is 0.404 e. The van der Waals surface area contributed by atoms with Crippen molar-refractivity contribution in [2.45, 2.75) is 90.0 Å². The van der Waals surface area contributed by atoms with Crippen molar-refractivity contribution in [2.75, 3.05) is 20.3 Å². The summed E-state index contributed by atoms with van der Waals surface area (Å²) in [6.07, 6.45) is 5.08. The first-order valence-corrected chi connectivity index (χ1v) is 19.3. The number of aromatic nitrogens is 3. The number of methoxy groups -OCH3 is 1. The van der Waals surface area contributed by atoms with E-state index in [1.807, 2.05) is 11.5 Å². The molecule has 244 valence electrons. The molecule has 0 aliphatic heterocycles. The molecule has 11 nitrogen and oxygen atoms in total. The van der Waals surface area contributed by atoms with Crippen molar-refractivity contribution in [2.24, 2.45) is 11.7 Å². The van der Waals surface area contributed by atoms with Crippen LogP contribution in [0.2, 0.25) is 25.7 Å². The first-order chi connectivity index (χ1) is 21.4. The van der Waals surface area contributed by atoms with Gasteiger partial charge in [-0.1, -0.05) is 19.6 Å². The van der Waals surface area contributed by atoms with Crippen LogP contribution in [0.4, 0.5) is 9.18 Å². The Balaban J connectivity index is 1.53. The molecule has 2 amide bonds. The van der Waals surface area contributed by atoms with Gasteiger partial charge in [0, 0.05) is 38.0 Å². The van der Waals surface area contributed by atoms with Crippen LogP contribution in [0, 0.1) is 18.7 Å². The molecule has 0 radical (unpaired) electrons. The average Bonchev–Trinajstić information content (AvgIpc) is 3.76. The monoisotopic (exact) mass is 641 g/mol. The predicted octanol–water partition coefficient (Wildman–Crippen LogP) is 5.79. The minimum Gasteiger partial charge on any atom is -0.494 e. The highest BCUT2D eigenvalue weighted by atomic mass is 28.3. The van der Waals surface area contributed by atoms with Crippen LogP contribution < -0.4 is 20.5 Å². The third-order valence-electron chi connectivity index (χ3n) is 8.51. The molecule has 0 unspecified atom stereocenters. The Bertz CT molecular complexity index is 1550. The van der Waals surface area contributed by atoms with Gasteiger partial charge in [0.15, 0.2) is 11.6 Å². The van der Waals surface area contributed by atoms with E-state index >= 15 is 0 Å². The van der Waals surface area contributed by atoms with E-state index < -0.39 is 20.0 Å². The van der Waals surface area contributed by atoms with E-state index in [1.165, 1.54) is 19.5 Å². The third kappa shape index (κ3) is 7.93. The first kappa shape index (κ1) is 32.7. The minimum absolute atomic E-state index is 0.0608. The molecular formula is C32H44FN5O6Si. The molecule has 3 aromatic rings. The average molecular weight is 642 g/mol. The molecule has 0 bridgehead atoms. The molecule has 0 atom stereocenters. The van der Waals surface area contributed by atoms with Gasteiger partial charge in [-0.05, 0) is 63.5 Å². The lowest BCUT2D eigenvalue weighted by molar-refractivity contribution is 0.0709. The Hall–Kier alpha value is -3.71. The Morgan fingerprint density at radius 2 is 1.82 bits per heavy atom. The van der Waals surface area contributed by atoms with Gasteiger partial charge in [0.1, 0.15) is 36.1 Å².